The molecule has 0 nitrogen and oxygen atoms in total. The third-order valence-electron chi connectivity index (χ3n) is 4.78. The van der Waals surface area contributed by atoms with Crippen LogP contribution in [0, 0.1) is 23.7 Å². The normalized spacial score (nSPS) is 36.1. The van der Waals surface area contributed by atoms with Gasteiger partial charge in [-0.2, -0.15) is 0 Å². The van der Waals surface area contributed by atoms with Crippen LogP contribution in [0.1, 0.15) is 58.8 Å². The molecule has 15 heavy (non-hydrogen) atoms. The second-order valence-electron chi connectivity index (χ2n) is 5.87. The standard InChI is InChI=1S/C15H26/c1-4-6-12(5-2)8-13-9-14-7-11(3)15(14)10-13/h12-15H,3-10H2,1-2H3. The van der Waals surface area contributed by atoms with Crippen LogP contribution in [0.25, 0.3) is 0 Å². The first-order valence-electron chi connectivity index (χ1n) is 6.92. The minimum atomic E-state index is 0.939. The summed E-state index contributed by atoms with van der Waals surface area (Å²) in [5.41, 5.74) is 1.56. The van der Waals surface area contributed by atoms with Crippen LogP contribution in [0.2, 0.25) is 0 Å². The Morgan fingerprint density at radius 1 is 1.33 bits per heavy atom. The SMILES string of the molecule is C=C1CC2CC(CC(CC)CCC)CC12. The highest BCUT2D eigenvalue weighted by Gasteiger charge is 2.42. The van der Waals surface area contributed by atoms with Crippen molar-refractivity contribution in [2.75, 3.05) is 0 Å². The summed E-state index contributed by atoms with van der Waals surface area (Å²) < 4.78 is 0. The minimum Gasteiger partial charge on any atom is -0.0996 e. The van der Waals surface area contributed by atoms with Gasteiger partial charge in [-0.3, -0.25) is 0 Å². The average molecular weight is 206 g/mol. The smallest absolute Gasteiger partial charge is 0.0172 e. The van der Waals surface area contributed by atoms with Gasteiger partial charge in [0.05, 0.1) is 0 Å². The van der Waals surface area contributed by atoms with Crippen LogP contribution in [-0.2, 0) is 0 Å². The van der Waals surface area contributed by atoms with E-state index < -0.39 is 0 Å². The van der Waals surface area contributed by atoms with Crippen molar-refractivity contribution in [3.05, 3.63) is 12.2 Å². The van der Waals surface area contributed by atoms with E-state index in [1.54, 1.807) is 5.57 Å². The lowest BCUT2D eigenvalue weighted by Gasteiger charge is -2.33. The first-order valence-corrected chi connectivity index (χ1v) is 6.92. The van der Waals surface area contributed by atoms with Crippen LogP contribution in [0.3, 0.4) is 0 Å². The van der Waals surface area contributed by atoms with Crippen molar-refractivity contribution in [2.45, 2.75) is 58.8 Å². The van der Waals surface area contributed by atoms with E-state index in [2.05, 4.69) is 20.4 Å². The van der Waals surface area contributed by atoms with E-state index in [-0.39, 0.29) is 0 Å². The van der Waals surface area contributed by atoms with Gasteiger partial charge >= 0.3 is 0 Å². The highest BCUT2D eigenvalue weighted by atomic mass is 14.5. The van der Waals surface area contributed by atoms with Crippen LogP contribution in [0.15, 0.2) is 12.2 Å². The third-order valence-corrected chi connectivity index (χ3v) is 4.78. The van der Waals surface area contributed by atoms with E-state index in [9.17, 15) is 0 Å². The fourth-order valence-electron chi connectivity index (χ4n) is 3.85. The van der Waals surface area contributed by atoms with E-state index >= 15 is 0 Å². The molecule has 2 aliphatic rings. The number of allylic oxidation sites excluding steroid dienone is 1. The van der Waals surface area contributed by atoms with Crippen LogP contribution in [-0.4, -0.2) is 0 Å². The molecule has 0 spiro atoms. The fourth-order valence-corrected chi connectivity index (χ4v) is 3.85. The van der Waals surface area contributed by atoms with E-state index in [0.29, 0.717) is 0 Å². The molecule has 0 heterocycles. The van der Waals surface area contributed by atoms with Gasteiger partial charge in [0.15, 0.2) is 0 Å². The highest BCUT2D eigenvalue weighted by molar-refractivity contribution is 5.17. The molecule has 0 N–H and O–H groups in total. The van der Waals surface area contributed by atoms with Crippen molar-refractivity contribution in [3.8, 4) is 0 Å². The average Bonchev–Trinajstić information content (AvgIpc) is 2.55. The molecule has 86 valence electrons. The summed E-state index contributed by atoms with van der Waals surface area (Å²) in [6.45, 7) is 8.86. The first kappa shape index (κ1) is 11.2. The van der Waals surface area contributed by atoms with Crippen LogP contribution in [0.4, 0.5) is 0 Å². The lowest BCUT2D eigenvalue weighted by molar-refractivity contribution is 0.325. The Balaban J connectivity index is 1.78. The van der Waals surface area contributed by atoms with Gasteiger partial charge in [0.2, 0.25) is 0 Å². The predicted molar refractivity (Wildman–Crippen MR) is 66.8 cm³/mol. The van der Waals surface area contributed by atoms with Crippen LogP contribution >= 0.6 is 0 Å². The van der Waals surface area contributed by atoms with Gasteiger partial charge in [-0.15, -0.1) is 0 Å². The summed E-state index contributed by atoms with van der Waals surface area (Å²) in [5.74, 6) is 4.03. The molecule has 4 unspecified atom stereocenters. The number of hydrogen-bond acceptors (Lipinski definition) is 0. The Labute approximate surface area is 95.1 Å². The van der Waals surface area contributed by atoms with Crippen molar-refractivity contribution < 1.29 is 0 Å². The second-order valence-corrected chi connectivity index (χ2v) is 5.87. The van der Waals surface area contributed by atoms with Crippen molar-refractivity contribution in [1.82, 2.24) is 0 Å². The topological polar surface area (TPSA) is 0 Å². The maximum atomic E-state index is 4.17. The van der Waals surface area contributed by atoms with Gasteiger partial charge in [-0.1, -0.05) is 45.3 Å². The molecule has 2 fully saturated rings. The molecule has 0 aliphatic heterocycles. The first-order chi connectivity index (χ1) is 7.24. The summed E-state index contributed by atoms with van der Waals surface area (Å²) in [6, 6.07) is 0. The monoisotopic (exact) mass is 206 g/mol. The van der Waals surface area contributed by atoms with Crippen LogP contribution < -0.4 is 0 Å². The Morgan fingerprint density at radius 2 is 2.13 bits per heavy atom. The molecule has 0 radical (unpaired) electrons. The van der Waals surface area contributed by atoms with Crippen molar-refractivity contribution in [1.29, 1.82) is 0 Å². The largest absolute Gasteiger partial charge is 0.0996 e. The van der Waals surface area contributed by atoms with E-state index in [1.165, 1.54) is 44.9 Å². The maximum Gasteiger partial charge on any atom is -0.0172 e. The van der Waals surface area contributed by atoms with Gasteiger partial charge in [0, 0.05) is 0 Å². The molecule has 0 amide bonds. The molecule has 0 saturated heterocycles. The summed E-state index contributed by atoms with van der Waals surface area (Å²) in [7, 11) is 0. The van der Waals surface area contributed by atoms with Gasteiger partial charge in [0.1, 0.15) is 0 Å². The summed E-state index contributed by atoms with van der Waals surface area (Å²) >= 11 is 0. The van der Waals surface area contributed by atoms with Crippen molar-refractivity contribution in [2.24, 2.45) is 23.7 Å². The summed E-state index contributed by atoms with van der Waals surface area (Å²) in [4.78, 5) is 0. The Morgan fingerprint density at radius 3 is 2.67 bits per heavy atom. The molecule has 0 aromatic heterocycles. The minimum absolute atomic E-state index is 0.939. The number of rotatable bonds is 5. The Kier molecular flexibility index (Phi) is 3.53. The molecule has 2 aliphatic carbocycles. The van der Waals surface area contributed by atoms with Gasteiger partial charge in [-0.25, -0.2) is 0 Å². The highest BCUT2D eigenvalue weighted by Crippen LogP contribution is 2.53. The molecule has 2 rings (SSSR count). The molecule has 2 saturated carbocycles. The Bertz CT molecular complexity index is 228. The zero-order valence-corrected chi connectivity index (χ0v) is 10.5. The molecule has 4 atom stereocenters. The van der Waals surface area contributed by atoms with E-state index in [0.717, 1.165) is 23.7 Å². The lowest BCUT2D eigenvalue weighted by Crippen LogP contribution is -2.22. The molecular weight excluding hydrogens is 180 g/mol. The summed E-state index contributed by atoms with van der Waals surface area (Å²) in [6.07, 6.45) is 10.1. The number of fused-ring (bicyclic) bond motifs is 1. The summed E-state index contributed by atoms with van der Waals surface area (Å²) in [5, 5.41) is 0. The maximum absolute atomic E-state index is 4.17. The quantitative estimate of drug-likeness (QED) is 0.566. The van der Waals surface area contributed by atoms with E-state index in [1.807, 2.05) is 0 Å². The molecular formula is C15H26. The molecule has 0 heteroatoms. The number of hydrogen-bond donors (Lipinski definition) is 0. The van der Waals surface area contributed by atoms with Gasteiger partial charge < -0.3 is 0 Å². The fraction of sp³-hybridized carbons (Fsp3) is 0.867. The second kappa shape index (κ2) is 4.72. The van der Waals surface area contributed by atoms with Crippen molar-refractivity contribution >= 4 is 0 Å². The molecule has 0 bridgehead atoms. The predicted octanol–water partition coefficient (Wildman–Crippen LogP) is 4.81. The van der Waals surface area contributed by atoms with Gasteiger partial charge in [-0.05, 0) is 49.4 Å². The Hall–Kier alpha value is -0.260. The molecule has 0 aromatic carbocycles. The van der Waals surface area contributed by atoms with Gasteiger partial charge in [0.25, 0.3) is 0 Å². The lowest BCUT2D eigenvalue weighted by atomic mass is 9.72. The molecule has 0 aromatic rings. The van der Waals surface area contributed by atoms with Crippen molar-refractivity contribution in [3.63, 3.8) is 0 Å². The zero-order chi connectivity index (χ0) is 10.8. The van der Waals surface area contributed by atoms with Crippen LogP contribution in [0.5, 0.6) is 0 Å². The zero-order valence-electron chi connectivity index (χ0n) is 10.5. The van der Waals surface area contributed by atoms with E-state index in [4.69, 9.17) is 0 Å². The third kappa shape index (κ3) is 2.29.